The predicted molar refractivity (Wildman–Crippen MR) is 194 cm³/mol. The van der Waals surface area contributed by atoms with Gasteiger partial charge in [-0.05, 0) is 78.1 Å². The average Bonchev–Trinajstić information content (AvgIpc) is 3.43. The molecule has 7 nitrogen and oxygen atoms in total. The van der Waals surface area contributed by atoms with Gasteiger partial charge in [-0.2, -0.15) is 10.1 Å². The minimum atomic E-state index is -0.902. The van der Waals surface area contributed by atoms with Gasteiger partial charge in [-0.3, -0.25) is 9.59 Å². The van der Waals surface area contributed by atoms with E-state index < -0.39 is 12.2 Å². The summed E-state index contributed by atoms with van der Waals surface area (Å²) in [5.41, 5.74) is 4.78. The molecule has 0 fully saturated rings. The van der Waals surface area contributed by atoms with E-state index in [-0.39, 0.29) is 22.6 Å². The van der Waals surface area contributed by atoms with Crippen LogP contribution in [0, 0.1) is 0 Å². The molecular weight excluding hydrogens is 598 g/mol. The molecule has 5 rings (SSSR count). The molecule has 250 valence electrons. The second-order valence-electron chi connectivity index (χ2n) is 13.5. The quantitative estimate of drug-likeness (QED) is 0.157. The van der Waals surface area contributed by atoms with Gasteiger partial charge in [0.1, 0.15) is 17.2 Å². The summed E-state index contributed by atoms with van der Waals surface area (Å²) in [6.07, 6.45) is 0.869. The maximum atomic E-state index is 13.7. The molecule has 2 amide bonds. The van der Waals surface area contributed by atoms with Gasteiger partial charge in [-0.15, -0.1) is 0 Å². The molecule has 4 aromatic rings. The summed E-state index contributed by atoms with van der Waals surface area (Å²) in [5.74, 6) is 0.787. The number of rotatable bonds is 13. The zero-order chi connectivity index (χ0) is 34.5. The lowest BCUT2D eigenvalue weighted by Gasteiger charge is -2.31. The number of hydrogen-bond acceptors (Lipinski definition) is 5. The largest absolute Gasteiger partial charge is 0.480 e. The van der Waals surface area contributed by atoms with Crippen LogP contribution in [-0.4, -0.2) is 29.7 Å². The molecule has 1 aliphatic heterocycles. The van der Waals surface area contributed by atoms with E-state index >= 15 is 0 Å². The van der Waals surface area contributed by atoms with Crippen LogP contribution in [0.5, 0.6) is 11.5 Å². The number of carbonyl (C=O) groups is 2. The smallest absolute Gasteiger partial charge is 0.294 e. The third-order valence-corrected chi connectivity index (χ3v) is 9.53. The van der Waals surface area contributed by atoms with Crippen molar-refractivity contribution in [2.45, 2.75) is 90.8 Å². The number of benzene rings is 4. The van der Waals surface area contributed by atoms with Crippen molar-refractivity contribution >= 4 is 28.9 Å². The molecule has 1 aliphatic rings. The molecule has 0 aromatic heterocycles. The highest BCUT2D eigenvalue weighted by Gasteiger charge is 2.39. The Hall–Kier alpha value is -4.91. The van der Waals surface area contributed by atoms with Crippen molar-refractivity contribution in [1.82, 2.24) is 0 Å². The molecule has 0 radical (unpaired) electrons. The number of hydrogen-bond donors (Lipinski definition) is 1. The normalized spacial score (nSPS) is 15.6. The first-order valence-electron chi connectivity index (χ1n) is 16.9. The van der Waals surface area contributed by atoms with Crippen LogP contribution in [0.3, 0.4) is 0 Å². The van der Waals surface area contributed by atoms with E-state index in [0.29, 0.717) is 29.3 Å². The first-order valence-corrected chi connectivity index (χ1v) is 16.9. The van der Waals surface area contributed by atoms with Crippen molar-refractivity contribution in [2.75, 3.05) is 10.3 Å². The second-order valence-corrected chi connectivity index (χ2v) is 13.5. The van der Waals surface area contributed by atoms with E-state index in [0.717, 1.165) is 29.7 Å². The number of anilines is 2. The van der Waals surface area contributed by atoms with Gasteiger partial charge in [-0.25, -0.2) is 0 Å². The van der Waals surface area contributed by atoms with Crippen molar-refractivity contribution in [3.05, 3.63) is 120 Å². The van der Waals surface area contributed by atoms with Crippen molar-refractivity contribution in [1.29, 1.82) is 0 Å². The van der Waals surface area contributed by atoms with E-state index in [4.69, 9.17) is 14.6 Å². The molecule has 0 bridgehead atoms. The van der Waals surface area contributed by atoms with Gasteiger partial charge >= 0.3 is 0 Å². The number of amides is 2. The molecule has 0 saturated carbocycles. The van der Waals surface area contributed by atoms with Gasteiger partial charge < -0.3 is 14.8 Å². The third kappa shape index (κ3) is 7.46. The van der Waals surface area contributed by atoms with Gasteiger partial charge in [0.25, 0.3) is 11.8 Å². The predicted octanol–water partition coefficient (Wildman–Crippen LogP) is 9.06. The van der Waals surface area contributed by atoms with Gasteiger partial charge in [0, 0.05) is 16.8 Å². The summed E-state index contributed by atoms with van der Waals surface area (Å²) in [4.78, 5) is 27.2. The number of hydrazone groups is 1. The first-order chi connectivity index (χ1) is 23.0. The number of carbonyl (C=O) groups excluding carboxylic acids is 2. The molecule has 7 heteroatoms. The maximum Gasteiger partial charge on any atom is 0.294 e. The van der Waals surface area contributed by atoms with Gasteiger partial charge in [0.2, 0.25) is 6.10 Å². The molecule has 2 atom stereocenters. The van der Waals surface area contributed by atoms with Crippen molar-refractivity contribution < 1.29 is 19.1 Å². The highest BCUT2D eigenvalue weighted by molar-refractivity contribution is 6.24. The van der Waals surface area contributed by atoms with E-state index in [9.17, 15) is 9.59 Å². The standard InChI is InChI=1S/C41H47N3O4/c1-8-34(48-35-26-21-29(40(4,5)9-2)27-33(35)41(6,7)10-3)38(45)42-30-22-24-31(25-23-30)44-39(46)37(47-32-19-15-12-16-20-32)36(43-44)28-17-13-11-14-18-28/h11-27,34,37H,8-10H2,1-7H3,(H,42,45). The van der Waals surface area contributed by atoms with Crippen LogP contribution in [0.15, 0.2) is 108 Å². The summed E-state index contributed by atoms with van der Waals surface area (Å²) in [7, 11) is 0. The zero-order valence-corrected chi connectivity index (χ0v) is 29.1. The number of nitrogens with zero attached hydrogens (tertiary/aromatic N) is 2. The lowest BCUT2D eigenvalue weighted by atomic mass is 9.76. The molecule has 0 saturated heterocycles. The SMILES string of the molecule is CCC(Oc1ccc(C(C)(C)CC)cc1C(C)(C)CC)C(=O)Nc1ccc(N2N=C(c3ccccc3)C(Oc3ccccc3)C2=O)cc1. The topological polar surface area (TPSA) is 80.2 Å². The van der Waals surface area contributed by atoms with Crippen molar-refractivity contribution in [3.8, 4) is 11.5 Å². The molecule has 4 aromatic carbocycles. The van der Waals surface area contributed by atoms with E-state index in [1.807, 2.05) is 73.7 Å². The lowest BCUT2D eigenvalue weighted by molar-refractivity contribution is -0.123. The van der Waals surface area contributed by atoms with E-state index in [2.05, 4.69) is 59.0 Å². The molecule has 1 heterocycles. The number of para-hydroxylation sites is 1. The minimum Gasteiger partial charge on any atom is -0.480 e. The van der Waals surface area contributed by atoms with Crippen molar-refractivity contribution in [2.24, 2.45) is 5.10 Å². The molecule has 1 N–H and O–H groups in total. The Balaban J connectivity index is 1.33. The second kappa shape index (κ2) is 14.5. The fraction of sp³-hybridized carbons (Fsp3) is 0.341. The Bertz CT molecular complexity index is 1750. The van der Waals surface area contributed by atoms with Crippen LogP contribution in [0.1, 0.15) is 84.4 Å². The Labute approximate surface area is 285 Å². The minimum absolute atomic E-state index is 0.0364. The fourth-order valence-electron chi connectivity index (χ4n) is 5.54. The lowest BCUT2D eigenvalue weighted by Crippen LogP contribution is -2.37. The molecular formula is C41H47N3O4. The summed E-state index contributed by atoms with van der Waals surface area (Å²) < 4.78 is 12.6. The Kier molecular flexibility index (Phi) is 10.4. The van der Waals surface area contributed by atoms with Crippen LogP contribution < -0.4 is 19.8 Å². The summed E-state index contributed by atoms with van der Waals surface area (Å²) in [5, 5.41) is 9.06. The van der Waals surface area contributed by atoms with Crippen LogP contribution >= 0.6 is 0 Å². The number of nitrogens with one attached hydrogen (secondary N) is 1. The van der Waals surface area contributed by atoms with Crippen molar-refractivity contribution in [3.63, 3.8) is 0 Å². The third-order valence-electron chi connectivity index (χ3n) is 9.53. The van der Waals surface area contributed by atoms with E-state index in [1.165, 1.54) is 10.6 Å². The molecule has 48 heavy (non-hydrogen) atoms. The van der Waals surface area contributed by atoms with Gasteiger partial charge in [0.15, 0.2) is 6.10 Å². The Morgan fingerprint density at radius 1 is 0.833 bits per heavy atom. The maximum absolute atomic E-state index is 13.7. The van der Waals surface area contributed by atoms with Crippen LogP contribution in [0.4, 0.5) is 11.4 Å². The molecule has 0 aliphatic carbocycles. The summed E-state index contributed by atoms with van der Waals surface area (Å²) in [6, 6.07) is 32.3. The summed E-state index contributed by atoms with van der Waals surface area (Å²) in [6.45, 7) is 15.3. The van der Waals surface area contributed by atoms with Crippen LogP contribution in [0.2, 0.25) is 0 Å². The monoisotopic (exact) mass is 645 g/mol. The Morgan fingerprint density at radius 2 is 1.46 bits per heavy atom. The van der Waals surface area contributed by atoms with E-state index in [1.54, 1.807) is 24.3 Å². The highest BCUT2D eigenvalue weighted by Crippen LogP contribution is 2.39. The summed E-state index contributed by atoms with van der Waals surface area (Å²) >= 11 is 0. The molecule has 2 unspecified atom stereocenters. The molecule has 0 spiro atoms. The fourth-order valence-corrected chi connectivity index (χ4v) is 5.54. The van der Waals surface area contributed by atoms with Gasteiger partial charge in [0.05, 0.1) is 5.69 Å². The first kappa shape index (κ1) is 34.4. The van der Waals surface area contributed by atoms with Gasteiger partial charge in [-0.1, -0.05) is 109 Å². The highest BCUT2D eigenvalue weighted by atomic mass is 16.5. The zero-order valence-electron chi connectivity index (χ0n) is 29.1. The Morgan fingerprint density at radius 3 is 2.06 bits per heavy atom. The average molecular weight is 646 g/mol. The number of ether oxygens (including phenoxy) is 2. The van der Waals surface area contributed by atoms with Crippen LogP contribution in [0.25, 0.3) is 0 Å². The van der Waals surface area contributed by atoms with Crippen LogP contribution in [-0.2, 0) is 20.4 Å².